The third-order valence-electron chi connectivity index (χ3n) is 2.63. The molecule has 0 aliphatic carbocycles. The molecule has 0 fully saturated rings. The molecule has 0 unspecified atom stereocenters. The molecule has 5 heteroatoms. The van der Waals surface area contributed by atoms with Crippen molar-refractivity contribution in [2.45, 2.75) is 6.92 Å². The molecule has 5 nitrogen and oxygen atoms in total. The Morgan fingerprint density at radius 3 is 2.53 bits per heavy atom. The van der Waals surface area contributed by atoms with Crippen molar-refractivity contribution in [3.05, 3.63) is 42.0 Å². The van der Waals surface area contributed by atoms with Gasteiger partial charge in [-0.3, -0.25) is 0 Å². The Morgan fingerprint density at radius 2 is 1.76 bits per heavy atom. The van der Waals surface area contributed by atoms with Crippen molar-refractivity contribution >= 4 is 11.6 Å². The van der Waals surface area contributed by atoms with Gasteiger partial charge < -0.3 is 5.73 Å². The van der Waals surface area contributed by atoms with E-state index in [1.165, 1.54) is 10.1 Å². The smallest absolute Gasteiger partial charge is 0.243 e. The molecule has 3 rings (SSSR count). The van der Waals surface area contributed by atoms with E-state index in [0.29, 0.717) is 11.6 Å². The predicted molar refractivity (Wildman–Crippen MR) is 65.4 cm³/mol. The molecule has 2 N–H and O–H groups in total. The van der Waals surface area contributed by atoms with E-state index in [1.807, 2.05) is 24.3 Å². The van der Waals surface area contributed by atoms with Crippen LogP contribution in [0.15, 0.2) is 36.4 Å². The molecular weight excluding hydrogens is 214 g/mol. The zero-order chi connectivity index (χ0) is 11.8. The normalized spacial score (nSPS) is 10.9. The maximum Gasteiger partial charge on any atom is 0.243 e. The van der Waals surface area contributed by atoms with Crippen LogP contribution in [0.1, 0.15) is 5.56 Å². The van der Waals surface area contributed by atoms with Gasteiger partial charge in [0.1, 0.15) is 0 Å². The molecule has 0 saturated heterocycles. The van der Waals surface area contributed by atoms with E-state index in [4.69, 9.17) is 5.73 Å². The molecular formula is C12H11N5. The van der Waals surface area contributed by atoms with E-state index in [0.717, 1.165) is 11.3 Å². The quantitative estimate of drug-likeness (QED) is 0.684. The molecule has 0 aliphatic rings. The average Bonchev–Trinajstić information content (AvgIpc) is 2.72. The standard InChI is InChI=1S/C12H11N5/c1-8-2-4-9(5-3-8)10-6-7-11-14-15-12(13)17(11)16-10/h2-7H,1H3,(H2,13,15). The summed E-state index contributed by atoms with van der Waals surface area (Å²) in [5, 5.41) is 12.1. The molecule has 3 aromatic rings. The highest BCUT2D eigenvalue weighted by molar-refractivity contribution is 5.61. The van der Waals surface area contributed by atoms with Crippen LogP contribution in [0.5, 0.6) is 0 Å². The van der Waals surface area contributed by atoms with Gasteiger partial charge in [-0.05, 0) is 19.1 Å². The summed E-state index contributed by atoms with van der Waals surface area (Å²) in [5.74, 6) is 0.300. The van der Waals surface area contributed by atoms with Crippen molar-refractivity contribution < 1.29 is 0 Å². The summed E-state index contributed by atoms with van der Waals surface area (Å²) in [4.78, 5) is 0. The lowest BCUT2D eigenvalue weighted by atomic mass is 10.1. The molecule has 17 heavy (non-hydrogen) atoms. The highest BCUT2D eigenvalue weighted by atomic mass is 15.4. The number of hydrogen-bond donors (Lipinski definition) is 1. The van der Waals surface area contributed by atoms with Gasteiger partial charge in [-0.25, -0.2) is 0 Å². The highest BCUT2D eigenvalue weighted by Crippen LogP contribution is 2.18. The SMILES string of the molecule is Cc1ccc(-c2ccc3nnc(N)n3n2)cc1. The summed E-state index contributed by atoms with van der Waals surface area (Å²) in [6.07, 6.45) is 0. The van der Waals surface area contributed by atoms with Crippen LogP contribution < -0.4 is 5.73 Å². The summed E-state index contributed by atoms with van der Waals surface area (Å²) in [7, 11) is 0. The lowest BCUT2D eigenvalue weighted by Crippen LogP contribution is -1.99. The van der Waals surface area contributed by atoms with Crippen molar-refractivity contribution in [2.75, 3.05) is 5.73 Å². The van der Waals surface area contributed by atoms with Gasteiger partial charge in [0.15, 0.2) is 5.65 Å². The van der Waals surface area contributed by atoms with E-state index in [-0.39, 0.29) is 0 Å². The van der Waals surface area contributed by atoms with Crippen LogP contribution in [-0.2, 0) is 0 Å². The van der Waals surface area contributed by atoms with Crippen LogP contribution in [0.2, 0.25) is 0 Å². The number of nitrogens with two attached hydrogens (primary N) is 1. The maximum atomic E-state index is 5.67. The Labute approximate surface area is 97.9 Å². The Balaban J connectivity index is 2.17. The largest absolute Gasteiger partial charge is 0.366 e. The number of rotatable bonds is 1. The van der Waals surface area contributed by atoms with Crippen LogP contribution in [0, 0.1) is 6.92 Å². The van der Waals surface area contributed by atoms with Crippen molar-refractivity contribution in [1.82, 2.24) is 19.8 Å². The van der Waals surface area contributed by atoms with Gasteiger partial charge in [0.2, 0.25) is 5.95 Å². The average molecular weight is 225 g/mol. The Kier molecular flexibility index (Phi) is 2.04. The number of nitrogens with zero attached hydrogens (tertiary/aromatic N) is 4. The fourth-order valence-electron chi connectivity index (χ4n) is 1.68. The molecule has 0 amide bonds. The molecule has 0 atom stereocenters. The minimum atomic E-state index is 0.300. The van der Waals surface area contributed by atoms with Crippen LogP contribution in [-0.4, -0.2) is 19.8 Å². The monoisotopic (exact) mass is 225 g/mol. The second kappa shape index (κ2) is 3.55. The zero-order valence-corrected chi connectivity index (χ0v) is 9.33. The van der Waals surface area contributed by atoms with Gasteiger partial charge in [-0.2, -0.15) is 9.61 Å². The second-order valence-corrected chi connectivity index (χ2v) is 3.91. The molecule has 1 aromatic carbocycles. The van der Waals surface area contributed by atoms with E-state index < -0.39 is 0 Å². The number of aryl methyl sites for hydroxylation is 1. The van der Waals surface area contributed by atoms with Gasteiger partial charge in [0.05, 0.1) is 5.69 Å². The van der Waals surface area contributed by atoms with E-state index in [2.05, 4.69) is 34.4 Å². The molecule has 0 aliphatic heterocycles. The Bertz CT molecular complexity index is 669. The van der Waals surface area contributed by atoms with E-state index >= 15 is 0 Å². The summed E-state index contributed by atoms with van der Waals surface area (Å²) in [6.45, 7) is 2.05. The van der Waals surface area contributed by atoms with Crippen molar-refractivity contribution in [3.63, 3.8) is 0 Å². The molecule has 0 saturated carbocycles. The molecule has 2 aromatic heterocycles. The molecule has 0 bridgehead atoms. The van der Waals surface area contributed by atoms with Gasteiger partial charge in [0.25, 0.3) is 0 Å². The summed E-state index contributed by atoms with van der Waals surface area (Å²) in [5.41, 5.74) is 9.44. The first-order chi connectivity index (χ1) is 8.24. The zero-order valence-electron chi connectivity index (χ0n) is 9.33. The van der Waals surface area contributed by atoms with Gasteiger partial charge in [0, 0.05) is 5.56 Å². The molecule has 2 heterocycles. The van der Waals surface area contributed by atoms with E-state index in [9.17, 15) is 0 Å². The fourth-order valence-corrected chi connectivity index (χ4v) is 1.68. The number of anilines is 1. The number of aromatic nitrogens is 4. The minimum absolute atomic E-state index is 0.300. The maximum absolute atomic E-state index is 5.67. The second-order valence-electron chi connectivity index (χ2n) is 3.91. The van der Waals surface area contributed by atoms with Crippen LogP contribution >= 0.6 is 0 Å². The van der Waals surface area contributed by atoms with Crippen molar-refractivity contribution in [1.29, 1.82) is 0 Å². The lowest BCUT2D eigenvalue weighted by molar-refractivity contribution is 0.946. The predicted octanol–water partition coefficient (Wildman–Crippen LogP) is 1.68. The minimum Gasteiger partial charge on any atom is -0.366 e. The van der Waals surface area contributed by atoms with Crippen LogP contribution in [0.25, 0.3) is 16.9 Å². The highest BCUT2D eigenvalue weighted by Gasteiger charge is 2.05. The third-order valence-corrected chi connectivity index (χ3v) is 2.63. The van der Waals surface area contributed by atoms with E-state index in [1.54, 1.807) is 0 Å². The summed E-state index contributed by atoms with van der Waals surface area (Å²) >= 11 is 0. The topological polar surface area (TPSA) is 69.1 Å². The van der Waals surface area contributed by atoms with Crippen LogP contribution in [0.3, 0.4) is 0 Å². The third kappa shape index (κ3) is 1.61. The number of fused-ring (bicyclic) bond motifs is 1. The molecule has 0 radical (unpaired) electrons. The van der Waals surface area contributed by atoms with Crippen molar-refractivity contribution in [3.8, 4) is 11.3 Å². The fraction of sp³-hybridized carbons (Fsp3) is 0.0833. The Morgan fingerprint density at radius 1 is 1.00 bits per heavy atom. The van der Waals surface area contributed by atoms with Crippen molar-refractivity contribution in [2.24, 2.45) is 0 Å². The molecule has 0 spiro atoms. The number of hydrogen-bond acceptors (Lipinski definition) is 4. The summed E-state index contributed by atoms with van der Waals surface area (Å²) in [6, 6.07) is 11.9. The lowest BCUT2D eigenvalue weighted by Gasteiger charge is -2.02. The Hall–Kier alpha value is -2.43. The first-order valence-corrected chi connectivity index (χ1v) is 5.29. The number of nitrogen functional groups attached to an aromatic ring is 1. The number of benzene rings is 1. The van der Waals surface area contributed by atoms with Gasteiger partial charge in [-0.1, -0.05) is 29.8 Å². The molecule has 84 valence electrons. The first-order valence-electron chi connectivity index (χ1n) is 5.29. The van der Waals surface area contributed by atoms with Gasteiger partial charge >= 0.3 is 0 Å². The van der Waals surface area contributed by atoms with Gasteiger partial charge in [-0.15, -0.1) is 10.2 Å². The van der Waals surface area contributed by atoms with Crippen LogP contribution in [0.4, 0.5) is 5.95 Å². The summed E-state index contributed by atoms with van der Waals surface area (Å²) < 4.78 is 1.54. The first kappa shape index (κ1) is 9.77.